The van der Waals surface area contributed by atoms with Gasteiger partial charge in [0.15, 0.2) is 0 Å². The van der Waals surface area contributed by atoms with Gasteiger partial charge >= 0.3 is 0 Å². The number of aromatic nitrogens is 2. The zero-order valence-electron chi connectivity index (χ0n) is 16.4. The van der Waals surface area contributed by atoms with Crippen molar-refractivity contribution in [3.8, 4) is 11.5 Å². The van der Waals surface area contributed by atoms with Crippen LogP contribution in [0.1, 0.15) is 27.9 Å². The van der Waals surface area contributed by atoms with E-state index in [1.165, 1.54) is 4.68 Å². The monoisotopic (exact) mass is 398 g/mol. The van der Waals surface area contributed by atoms with Crippen LogP contribution in [0.2, 0.25) is 5.02 Å². The van der Waals surface area contributed by atoms with Crippen molar-refractivity contribution in [1.29, 1.82) is 0 Å². The molecule has 0 spiro atoms. The average Bonchev–Trinajstić information content (AvgIpc) is 2.99. The van der Waals surface area contributed by atoms with Gasteiger partial charge in [-0.05, 0) is 67.8 Å². The summed E-state index contributed by atoms with van der Waals surface area (Å²) >= 11 is 6.23. The number of nitrogens with two attached hydrogens (primary N) is 1. The van der Waals surface area contributed by atoms with E-state index in [2.05, 4.69) is 10.1 Å². The van der Waals surface area contributed by atoms with Crippen LogP contribution < -0.4 is 15.2 Å². The van der Waals surface area contributed by atoms with Crippen molar-refractivity contribution in [2.75, 3.05) is 12.8 Å². The lowest BCUT2D eigenvalue weighted by molar-refractivity contribution is 0.296. The first kappa shape index (κ1) is 19.8. The number of ether oxygens (including phenoxy) is 2. The summed E-state index contributed by atoms with van der Waals surface area (Å²) in [4.78, 5) is 4.13. The maximum absolute atomic E-state index is 6.23. The smallest absolute Gasteiger partial charge is 0.221 e. The van der Waals surface area contributed by atoms with E-state index in [0.29, 0.717) is 12.6 Å². The lowest BCUT2D eigenvalue weighted by atomic mass is 10.1. The summed E-state index contributed by atoms with van der Waals surface area (Å²) in [6.45, 7) is 6.15. The summed E-state index contributed by atoms with van der Waals surface area (Å²) in [6.07, 6.45) is 3.49. The Labute approximate surface area is 169 Å². The molecule has 0 amide bonds. The van der Waals surface area contributed by atoms with Crippen LogP contribution in [0.15, 0.2) is 41.6 Å². The summed E-state index contributed by atoms with van der Waals surface area (Å²) in [5, 5.41) is 5.11. The molecule has 0 fully saturated rings. The molecule has 28 heavy (non-hydrogen) atoms. The number of benzene rings is 2. The van der Waals surface area contributed by atoms with Gasteiger partial charge in [0.25, 0.3) is 0 Å². The molecule has 0 aliphatic rings. The molecule has 1 heterocycles. The molecule has 1 aromatic heterocycles. The average molecular weight is 399 g/mol. The molecule has 6 nitrogen and oxygen atoms in total. The molecule has 0 radical (unpaired) electrons. The van der Waals surface area contributed by atoms with Crippen LogP contribution in [-0.4, -0.2) is 23.0 Å². The zero-order chi connectivity index (χ0) is 20.3. The molecule has 0 aliphatic carbocycles. The molecule has 0 saturated heterocycles. The van der Waals surface area contributed by atoms with Gasteiger partial charge in [0.1, 0.15) is 18.1 Å². The van der Waals surface area contributed by atoms with E-state index in [1.54, 1.807) is 19.5 Å². The van der Waals surface area contributed by atoms with Gasteiger partial charge in [0.05, 0.1) is 25.2 Å². The second-order valence-corrected chi connectivity index (χ2v) is 6.94. The van der Waals surface area contributed by atoms with Gasteiger partial charge in [0, 0.05) is 10.6 Å². The van der Waals surface area contributed by atoms with Gasteiger partial charge in [0.2, 0.25) is 5.95 Å². The van der Waals surface area contributed by atoms with Crippen LogP contribution in [0.5, 0.6) is 11.5 Å². The third-order valence-electron chi connectivity index (χ3n) is 4.27. The number of rotatable bonds is 6. The van der Waals surface area contributed by atoms with E-state index >= 15 is 0 Å². The fraction of sp³-hybridized carbons (Fsp3) is 0.238. The van der Waals surface area contributed by atoms with Crippen molar-refractivity contribution in [3.05, 3.63) is 69.5 Å². The summed E-state index contributed by atoms with van der Waals surface area (Å²) in [5.41, 5.74) is 10.4. The number of imidazole rings is 1. The molecular formula is C21H23ClN4O2. The lowest BCUT2D eigenvalue weighted by Gasteiger charge is -2.13. The number of anilines is 1. The van der Waals surface area contributed by atoms with Gasteiger partial charge in [-0.2, -0.15) is 5.10 Å². The molecule has 3 rings (SSSR count). The van der Waals surface area contributed by atoms with Crippen molar-refractivity contribution < 1.29 is 9.47 Å². The number of nitrogens with zero attached hydrogens (tertiary/aromatic N) is 3. The van der Waals surface area contributed by atoms with Crippen LogP contribution in [0, 0.1) is 20.8 Å². The second kappa shape index (κ2) is 8.35. The molecule has 2 N–H and O–H groups in total. The predicted molar refractivity (Wildman–Crippen MR) is 113 cm³/mol. The zero-order valence-corrected chi connectivity index (χ0v) is 17.1. The Morgan fingerprint density at radius 3 is 2.50 bits per heavy atom. The van der Waals surface area contributed by atoms with Crippen LogP contribution in [0.25, 0.3) is 0 Å². The molecule has 2 aromatic carbocycles. The van der Waals surface area contributed by atoms with Crippen LogP contribution in [-0.2, 0) is 6.61 Å². The minimum Gasteiger partial charge on any atom is -0.496 e. The summed E-state index contributed by atoms with van der Waals surface area (Å²) < 4.78 is 13.0. The normalized spacial score (nSPS) is 11.2. The molecule has 0 unspecified atom stereocenters. The van der Waals surface area contributed by atoms with Crippen LogP contribution in [0.3, 0.4) is 0 Å². The van der Waals surface area contributed by atoms with Gasteiger partial charge in [-0.3, -0.25) is 0 Å². The molecule has 7 heteroatoms. The maximum atomic E-state index is 6.23. The number of nitrogen functional groups attached to an aromatic ring is 1. The molecule has 0 bridgehead atoms. The Morgan fingerprint density at radius 1 is 1.18 bits per heavy atom. The fourth-order valence-electron chi connectivity index (χ4n) is 2.87. The topological polar surface area (TPSA) is 74.7 Å². The van der Waals surface area contributed by atoms with E-state index in [4.69, 9.17) is 26.8 Å². The van der Waals surface area contributed by atoms with E-state index in [9.17, 15) is 0 Å². The highest BCUT2D eigenvalue weighted by Gasteiger charge is 2.08. The van der Waals surface area contributed by atoms with Crippen molar-refractivity contribution in [3.63, 3.8) is 0 Å². The first-order chi connectivity index (χ1) is 13.4. The summed E-state index contributed by atoms with van der Waals surface area (Å²) in [7, 11) is 1.64. The Hall–Kier alpha value is -2.99. The molecular weight excluding hydrogens is 376 g/mol. The van der Waals surface area contributed by atoms with Crippen molar-refractivity contribution in [2.45, 2.75) is 27.4 Å². The highest BCUT2D eigenvalue weighted by Crippen LogP contribution is 2.27. The van der Waals surface area contributed by atoms with Crippen LogP contribution in [0.4, 0.5) is 5.95 Å². The number of methoxy groups -OCH3 is 1. The lowest BCUT2D eigenvalue weighted by Crippen LogP contribution is -2.01. The molecule has 3 aromatic rings. The predicted octanol–water partition coefficient (Wildman–Crippen LogP) is 4.51. The molecule has 146 valence electrons. The van der Waals surface area contributed by atoms with E-state index in [-0.39, 0.29) is 0 Å². The van der Waals surface area contributed by atoms with E-state index < -0.39 is 0 Å². The van der Waals surface area contributed by atoms with Crippen LogP contribution >= 0.6 is 11.6 Å². The first-order valence-electron chi connectivity index (χ1n) is 8.79. The first-order valence-corrected chi connectivity index (χ1v) is 9.17. The van der Waals surface area contributed by atoms with Crippen molar-refractivity contribution in [2.24, 2.45) is 5.10 Å². The van der Waals surface area contributed by atoms with Gasteiger partial charge in [-0.1, -0.05) is 11.6 Å². The molecule has 0 saturated carbocycles. The number of aryl methyl sites for hydroxylation is 3. The Kier molecular flexibility index (Phi) is 5.90. The van der Waals surface area contributed by atoms with E-state index in [0.717, 1.165) is 44.5 Å². The van der Waals surface area contributed by atoms with Crippen molar-refractivity contribution >= 4 is 23.8 Å². The molecule has 0 atom stereocenters. The third kappa shape index (κ3) is 4.46. The highest BCUT2D eigenvalue weighted by atomic mass is 35.5. The number of halogens is 1. The van der Waals surface area contributed by atoms with Crippen molar-refractivity contribution in [1.82, 2.24) is 9.66 Å². The SMILES string of the molecule is COc1ccc(C=Nn2cc(C)nc2N)cc1COc1cc(C)c(Cl)c(C)c1. The van der Waals surface area contributed by atoms with Gasteiger partial charge in [-0.25, -0.2) is 9.66 Å². The highest BCUT2D eigenvalue weighted by molar-refractivity contribution is 6.32. The quantitative estimate of drug-likeness (QED) is 0.619. The van der Waals surface area contributed by atoms with Gasteiger partial charge < -0.3 is 15.2 Å². The number of hydrogen-bond donors (Lipinski definition) is 1. The largest absolute Gasteiger partial charge is 0.496 e. The third-order valence-corrected chi connectivity index (χ3v) is 4.87. The minimum absolute atomic E-state index is 0.347. The van der Waals surface area contributed by atoms with E-state index in [1.807, 2.05) is 51.1 Å². The Bertz CT molecular complexity index is 1000. The van der Waals surface area contributed by atoms with Gasteiger partial charge in [-0.15, -0.1) is 0 Å². The summed E-state index contributed by atoms with van der Waals surface area (Å²) in [6, 6.07) is 9.63. The molecule has 0 aliphatic heterocycles. The Balaban J connectivity index is 1.80. The minimum atomic E-state index is 0.347. The standard InChI is InChI=1S/C21H23ClN4O2/c1-13-7-18(8-14(2)20(13)22)28-12-17-9-16(5-6-19(17)27-4)10-24-26-11-15(3)25-21(26)23/h5-11H,12H2,1-4H3,(H2,23,25). The number of hydrogen-bond acceptors (Lipinski definition) is 5. The fourth-order valence-corrected chi connectivity index (χ4v) is 2.98. The summed E-state index contributed by atoms with van der Waals surface area (Å²) in [5.74, 6) is 1.86. The maximum Gasteiger partial charge on any atom is 0.221 e. The Morgan fingerprint density at radius 2 is 1.89 bits per heavy atom. The second-order valence-electron chi connectivity index (χ2n) is 6.56.